The molecule has 0 spiro atoms. The van der Waals surface area contributed by atoms with Crippen LogP contribution >= 0.6 is 10.6 Å². The maximum absolute atomic E-state index is 14.0. The van der Waals surface area contributed by atoms with Crippen LogP contribution in [0.1, 0.15) is 126 Å². The number of aliphatic carboxylic acids is 1. The lowest BCUT2D eigenvalue weighted by Crippen LogP contribution is -2.68. The molecular formula is C46H73FN2O6S. The molecule has 316 valence electrons. The molecule has 0 aromatic carbocycles. The van der Waals surface area contributed by atoms with Crippen LogP contribution in [0, 0.1) is 56.7 Å². The second kappa shape index (κ2) is 14.8. The van der Waals surface area contributed by atoms with Crippen molar-refractivity contribution >= 4 is 22.5 Å². The Bertz CT molecular complexity index is 1650. The van der Waals surface area contributed by atoms with E-state index in [0.29, 0.717) is 61.3 Å². The van der Waals surface area contributed by atoms with Crippen LogP contribution in [0.5, 0.6) is 0 Å². The number of esters is 1. The molecule has 4 saturated carbocycles. The van der Waals surface area contributed by atoms with Crippen LogP contribution in [-0.4, -0.2) is 87.1 Å². The summed E-state index contributed by atoms with van der Waals surface area (Å²) in [6.07, 6.45) is 16.4. The summed E-state index contributed by atoms with van der Waals surface area (Å²) in [5.41, 5.74) is 3.21. The van der Waals surface area contributed by atoms with Crippen molar-refractivity contribution in [3.05, 3.63) is 35.5 Å². The smallest absolute Gasteiger partial charge is 0.324 e. The first-order chi connectivity index (χ1) is 26.2. The molecule has 7 rings (SSSR count). The number of nitrogens with one attached hydrogen (secondary N) is 1. The largest absolute Gasteiger partial charge is 0.481 e. The lowest BCUT2D eigenvalue weighted by atomic mass is 9.33. The van der Waals surface area contributed by atoms with Crippen LogP contribution in [0.3, 0.4) is 0 Å². The molecule has 1 aliphatic heterocycles. The monoisotopic (exact) mass is 801 g/mol. The Labute approximate surface area is 338 Å². The zero-order chi connectivity index (χ0) is 40.7. The van der Waals surface area contributed by atoms with Crippen molar-refractivity contribution in [2.45, 2.75) is 137 Å². The summed E-state index contributed by atoms with van der Waals surface area (Å²) in [6, 6.07) is -0.621. The van der Waals surface area contributed by atoms with E-state index in [1.807, 2.05) is 0 Å². The Balaban J connectivity index is 1.12. The highest BCUT2D eigenvalue weighted by molar-refractivity contribution is 8.24. The number of fused-ring (bicyclic) bond motifs is 7. The van der Waals surface area contributed by atoms with E-state index in [0.717, 1.165) is 32.2 Å². The van der Waals surface area contributed by atoms with E-state index < -0.39 is 34.7 Å². The quantitative estimate of drug-likeness (QED) is 0.128. The molecular weight excluding hydrogens is 728 g/mol. The molecule has 0 radical (unpaired) electrons. The van der Waals surface area contributed by atoms with E-state index in [1.54, 1.807) is 6.92 Å². The van der Waals surface area contributed by atoms with Crippen LogP contribution in [0.15, 0.2) is 35.5 Å². The molecule has 4 N–H and O–H groups in total. The summed E-state index contributed by atoms with van der Waals surface area (Å²) in [5, 5.41) is 14.0. The van der Waals surface area contributed by atoms with Crippen LogP contribution in [0.25, 0.3) is 0 Å². The lowest BCUT2D eigenvalue weighted by molar-refractivity contribution is -0.221. The zero-order valence-electron chi connectivity index (χ0n) is 35.6. The van der Waals surface area contributed by atoms with Crippen LogP contribution in [0.2, 0.25) is 0 Å². The number of allylic oxidation sites excluding steroid dienone is 5. The Hall–Kier alpha value is -1.72. The number of carbonyl (C=O) groups excluding carboxylic acids is 1. The number of ether oxygens (including phenoxy) is 1. The summed E-state index contributed by atoms with van der Waals surface area (Å²) >= 11 is 0. The molecule has 11 atom stereocenters. The molecule has 0 aromatic rings. The van der Waals surface area contributed by atoms with Gasteiger partial charge in [0.15, 0.2) is 0 Å². The molecule has 0 aromatic heterocycles. The van der Waals surface area contributed by atoms with Gasteiger partial charge in [0.25, 0.3) is 0 Å². The van der Waals surface area contributed by atoms with Gasteiger partial charge in [0.2, 0.25) is 0 Å². The highest BCUT2D eigenvalue weighted by atomic mass is 32.3. The van der Waals surface area contributed by atoms with Crippen molar-refractivity contribution in [1.82, 2.24) is 10.2 Å². The van der Waals surface area contributed by atoms with Gasteiger partial charge in [0.1, 0.15) is 12.7 Å². The minimum Gasteiger partial charge on any atom is -0.481 e. The Morgan fingerprint density at radius 2 is 1.73 bits per heavy atom. The molecule has 7 aliphatic rings. The Morgan fingerprint density at radius 1 is 0.982 bits per heavy atom. The normalized spacial score (nSPS) is 44.8. The predicted molar refractivity (Wildman–Crippen MR) is 223 cm³/mol. The first-order valence-corrected chi connectivity index (χ1v) is 23.9. The zero-order valence-corrected chi connectivity index (χ0v) is 36.4. The van der Waals surface area contributed by atoms with Gasteiger partial charge in [0.05, 0.1) is 23.5 Å². The number of nitrogens with zero attached hydrogens (tertiary/aromatic N) is 1. The third-order valence-electron chi connectivity index (χ3n) is 18.3. The third-order valence-corrected chi connectivity index (χ3v) is 20.0. The minimum atomic E-state index is -2.78. The number of hydrogen-bond donors (Lipinski definition) is 4. The van der Waals surface area contributed by atoms with E-state index in [-0.39, 0.29) is 51.9 Å². The van der Waals surface area contributed by atoms with Crippen LogP contribution in [0.4, 0.5) is 4.39 Å². The summed E-state index contributed by atoms with van der Waals surface area (Å²) in [5.74, 6) is 1.69. The standard InChI is InChI=1S/C46H73FN2O6S/c1-9-55-39(50)35-28-56(53,54)27-26-49(35)25-24-48-46-21-14-32(30(2)3)38(46)34-10-11-37-42(6)17-15-33(31-12-19-45(29-47,20-13-31)40(51)52)41(4,5)36(42)16-18-44(37,8)43(34,7)22-23-46/h12,15,32,34-38,48,53-54H,2,9-11,13-14,16-29H2,1,3-8H3,(H,51,52)/t32-,34+,35?,36-,37+,38+,42-,43+,44+,45+,46-/m0/s1. The van der Waals surface area contributed by atoms with Gasteiger partial charge in [-0.25, -0.2) is 4.39 Å². The molecule has 10 heteroatoms. The van der Waals surface area contributed by atoms with E-state index >= 15 is 0 Å². The molecule has 1 unspecified atom stereocenters. The van der Waals surface area contributed by atoms with Crippen LogP contribution in [-0.2, 0) is 14.3 Å². The van der Waals surface area contributed by atoms with Crippen molar-refractivity contribution in [2.75, 3.05) is 44.4 Å². The van der Waals surface area contributed by atoms with Crippen molar-refractivity contribution in [1.29, 1.82) is 0 Å². The SMILES string of the molecule is C=C(C)[C@@H]1CC[C@]2(NCCN3CCS(O)(O)CC3C(=O)OCC)CC[C@]3(C)[C@H](CC[C@@H]4[C@@]5(C)CC=C(C6=CC[C@@](CF)(C(=O)O)CC6)C(C)(C)[C@@H]5CC[C@]43C)[C@@H]12. The van der Waals surface area contributed by atoms with Gasteiger partial charge in [0, 0.05) is 25.2 Å². The van der Waals surface area contributed by atoms with Crippen molar-refractivity contribution in [3.8, 4) is 0 Å². The summed E-state index contributed by atoms with van der Waals surface area (Å²) in [7, 11) is -2.78. The van der Waals surface area contributed by atoms with Crippen molar-refractivity contribution in [2.24, 2.45) is 56.7 Å². The number of alkyl halides is 1. The van der Waals surface area contributed by atoms with E-state index in [9.17, 15) is 28.2 Å². The third kappa shape index (κ3) is 6.51. The van der Waals surface area contributed by atoms with Gasteiger partial charge in [-0.3, -0.25) is 23.6 Å². The molecule has 1 saturated heterocycles. The summed E-state index contributed by atoms with van der Waals surface area (Å²) < 4.78 is 40.4. The minimum absolute atomic E-state index is 0.0227. The second-order valence-electron chi connectivity index (χ2n) is 20.9. The fourth-order valence-electron chi connectivity index (χ4n) is 15.2. The van der Waals surface area contributed by atoms with Gasteiger partial charge >= 0.3 is 11.9 Å². The number of hydrogen-bond acceptors (Lipinski definition) is 7. The van der Waals surface area contributed by atoms with Gasteiger partial charge < -0.3 is 15.2 Å². The molecule has 0 bridgehead atoms. The molecule has 56 heavy (non-hydrogen) atoms. The summed E-state index contributed by atoms with van der Waals surface area (Å²) in [4.78, 5) is 27.1. The first-order valence-electron chi connectivity index (χ1n) is 22.0. The fraction of sp³-hybridized carbons (Fsp3) is 0.826. The first kappa shape index (κ1) is 42.4. The van der Waals surface area contributed by atoms with Gasteiger partial charge in [-0.15, -0.1) is 0 Å². The molecule has 5 fully saturated rings. The highest BCUT2D eigenvalue weighted by Crippen LogP contribution is 2.76. The maximum Gasteiger partial charge on any atom is 0.324 e. The lowest BCUT2D eigenvalue weighted by Gasteiger charge is -2.72. The average molecular weight is 801 g/mol. The van der Waals surface area contributed by atoms with E-state index in [4.69, 9.17) is 4.74 Å². The number of carboxylic acid groups (broad SMARTS) is 1. The number of rotatable bonds is 10. The van der Waals surface area contributed by atoms with Crippen molar-refractivity contribution in [3.63, 3.8) is 0 Å². The number of carbonyl (C=O) groups is 2. The Morgan fingerprint density at radius 3 is 2.38 bits per heavy atom. The van der Waals surface area contributed by atoms with Gasteiger partial charge in [-0.1, -0.05) is 58.9 Å². The van der Waals surface area contributed by atoms with Crippen molar-refractivity contribution < 1.29 is 32.9 Å². The highest BCUT2D eigenvalue weighted by Gasteiger charge is 2.70. The molecule has 8 nitrogen and oxygen atoms in total. The number of carboxylic acids is 1. The summed E-state index contributed by atoms with van der Waals surface area (Å²) in [6.45, 7) is 22.8. The molecule has 1 heterocycles. The fourth-order valence-corrected chi connectivity index (χ4v) is 16.7. The van der Waals surface area contributed by atoms with E-state index in [1.165, 1.54) is 48.8 Å². The number of halogens is 1. The topological polar surface area (TPSA) is 119 Å². The van der Waals surface area contributed by atoms with Crippen LogP contribution < -0.4 is 5.32 Å². The van der Waals surface area contributed by atoms with Gasteiger partial charge in [-0.05, 0) is 153 Å². The Kier molecular flexibility index (Phi) is 11.2. The second-order valence-corrected chi connectivity index (χ2v) is 23.3. The predicted octanol–water partition coefficient (Wildman–Crippen LogP) is 9.67. The molecule has 6 aliphatic carbocycles. The van der Waals surface area contributed by atoms with Gasteiger partial charge in [-0.2, -0.15) is 10.6 Å². The molecule has 0 amide bonds. The average Bonchev–Trinajstić information content (AvgIpc) is 3.52. The van der Waals surface area contributed by atoms with E-state index in [2.05, 4.69) is 70.5 Å². The maximum atomic E-state index is 14.0.